The van der Waals surface area contributed by atoms with Gasteiger partial charge in [-0.2, -0.15) is 0 Å². The molecule has 0 spiro atoms. The zero-order valence-corrected chi connectivity index (χ0v) is 10.2. The Kier molecular flexibility index (Phi) is 3.34. The maximum absolute atomic E-state index is 6.02. The van der Waals surface area contributed by atoms with Crippen molar-refractivity contribution < 1.29 is 0 Å². The molecule has 1 fully saturated rings. The molecule has 0 amide bonds. The third-order valence-electron chi connectivity index (χ3n) is 3.39. The highest BCUT2D eigenvalue weighted by atomic mass is 15.1. The molecule has 2 rings (SSSR count). The molecular weight excluding hydrogens is 198 g/mol. The first-order valence-corrected chi connectivity index (χ1v) is 5.94. The standard InChI is InChI=1S/C13H21N3/c1-10-4-3-5-12(13(10)14)15-8-11-6-7-16(2)9-11/h3-5,11,15H,6-9,14H2,1-2H3. The molecule has 0 aliphatic carbocycles. The van der Waals surface area contributed by atoms with Crippen molar-refractivity contribution in [3.8, 4) is 0 Å². The van der Waals surface area contributed by atoms with Crippen LogP contribution in [-0.4, -0.2) is 31.6 Å². The molecule has 1 unspecified atom stereocenters. The largest absolute Gasteiger partial charge is 0.397 e. The van der Waals surface area contributed by atoms with Gasteiger partial charge in [-0.1, -0.05) is 12.1 Å². The van der Waals surface area contributed by atoms with Crippen LogP contribution >= 0.6 is 0 Å². The van der Waals surface area contributed by atoms with Crippen LogP contribution in [0.2, 0.25) is 0 Å². The predicted octanol–water partition coefficient (Wildman–Crippen LogP) is 1.94. The molecule has 0 bridgehead atoms. The van der Waals surface area contributed by atoms with E-state index in [9.17, 15) is 0 Å². The number of likely N-dealkylation sites (tertiary alicyclic amines) is 1. The Bertz CT molecular complexity index is 362. The molecule has 1 aromatic rings. The number of benzene rings is 1. The summed E-state index contributed by atoms with van der Waals surface area (Å²) in [5.74, 6) is 0.755. The monoisotopic (exact) mass is 219 g/mol. The lowest BCUT2D eigenvalue weighted by molar-refractivity contribution is 0.399. The molecule has 0 saturated carbocycles. The minimum atomic E-state index is 0.755. The van der Waals surface area contributed by atoms with Crippen molar-refractivity contribution in [1.82, 2.24) is 4.90 Å². The molecule has 3 N–H and O–H groups in total. The number of nitrogens with two attached hydrogens (primary N) is 1. The number of rotatable bonds is 3. The first-order chi connectivity index (χ1) is 7.66. The van der Waals surface area contributed by atoms with Crippen molar-refractivity contribution in [2.75, 3.05) is 37.7 Å². The van der Waals surface area contributed by atoms with E-state index in [1.807, 2.05) is 13.0 Å². The van der Waals surface area contributed by atoms with Gasteiger partial charge in [-0.25, -0.2) is 0 Å². The molecule has 1 aliphatic heterocycles. The Morgan fingerprint density at radius 3 is 3.00 bits per heavy atom. The maximum atomic E-state index is 6.02. The summed E-state index contributed by atoms with van der Waals surface area (Å²) in [6, 6.07) is 6.15. The van der Waals surface area contributed by atoms with Gasteiger partial charge >= 0.3 is 0 Å². The Morgan fingerprint density at radius 1 is 1.50 bits per heavy atom. The normalized spacial score (nSPS) is 21.2. The van der Waals surface area contributed by atoms with Crippen molar-refractivity contribution in [3.63, 3.8) is 0 Å². The van der Waals surface area contributed by atoms with E-state index in [1.54, 1.807) is 0 Å². The van der Waals surface area contributed by atoms with Gasteiger partial charge in [-0.3, -0.25) is 0 Å². The second-order valence-electron chi connectivity index (χ2n) is 4.83. The summed E-state index contributed by atoms with van der Waals surface area (Å²) in [6.07, 6.45) is 1.29. The van der Waals surface area contributed by atoms with Gasteiger partial charge in [-0.05, 0) is 44.5 Å². The predicted molar refractivity (Wildman–Crippen MR) is 69.7 cm³/mol. The molecule has 3 heteroatoms. The summed E-state index contributed by atoms with van der Waals surface area (Å²) < 4.78 is 0. The van der Waals surface area contributed by atoms with Crippen LogP contribution in [0, 0.1) is 12.8 Å². The maximum Gasteiger partial charge on any atom is 0.0579 e. The highest BCUT2D eigenvalue weighted by Crippen LogP contribution is 2.23. The highest BCUT2D eigenvalue weighted by Gasteiger charge is 2.19. The average Bonchev–Trinajstić information content (AvgIpc) is 2.67. The first kappa shape index (κ1) is 11.3. The van der Waals surface area contributed by atoms with Crippen molar-refractivity contribution in [2.45, 2.75) is 13.3 Å². The zero-order valence-electron chi connectivity index (χ0n) is 10.2. The van der Waals surface area contributed by atoms with E-state index in [2.05, 4.69) is 29.4 Å². The van der Waals surface area contributed by atoms with Crippen LogP contribution in [0.4, 0.5) is 11.4 Å². The van der Waals surface area contributed by atoms with Gasteiger partial charge < -0.3 is 16.0 Å². The minimum Gasteiger partial charge on any atom is -0.397 e. The van der Waals surface area contributed by atoms with Gasteiger partial charge in [0.2, 0.25) is 0 Å². The van der Waals surface area contributed by atoms with Gasteiger partial charge in [0, 0.05) is 13.1 Å². The molecule has 0 radical (unpaired) electrons. The third-order valence-corrected chi connectivity index (χ3v) is 3.39. The molecule has 1 saturated heterocycles. The third kappa shape index (κ3) is 2.47. The zero-order chi connectivity index (χ0) is 11.5. The summed E-state index contributed by atoms with van der Waals surface area (Å²) >= 11 is 0. The molecule has 1 aromatic carbocycles. The van der Waals surface area contributed by atoms with Crippen LogP contribution in [0.25, 0.3) is 0 Å². The first-order valence-electron chi connectivity index (χ1n) is 5.94. The molecule has 3 nitrogen and oxygen atoms in total. The smallest absolute Gasteiger partial charge is 0.0579 e. The number of nitrogens with zero attached hydrogens (tertiary/aromatic N) is 1. The number of para-hydroxylation sites is 1. The fraction of sp³-hybridized carbons (Fsp3) is 0.538. The molecule has 1 heterocycles. The summed E-state index contributed by atoms with van der Waals surface area (Å²) in [4.78, 5) is 2.38. The van der Waals surface area contributed by atoms with Crippen LogP contribution < -0.4 is 11.1 Å². The van der Waals surface area contributed by atoms with E-state index in [-0.39, 0.29) is 0 Å². The topological polar surface area (TPSA) is 41.3 Å². The van der Waals surface area contributed by atoms with Crippen LogP contribution in [-0.2, 0) is 0 Å². The van der Waals surface area contributed by atoms with Gasteiger partial charge in [0.25, 0.3) is 0 Å². The average molecular weight is 219 g/mol. The van der Waals surface area contributed by atoms with Gasteiger partial charge in [0.15, 0.2) is 0 Å². The quantitative estimate of drug-likeness (QED) is 0.763. The molecule has 0 aromatic heterocycles. The molecular formula is C13H21N3. The summed E-state index contributed by atoms with van der Waals surface area (Å²) in [7, 11) is 2.18. The van der Waals surface area contributed by atoms with E-state index in [1.165, 1.54) is 19.5 Å². The number of nitrogens with one attached hydrogen (secondary N) is 1. The van der Waals surface area contributed by atoms with Crippen molar-refractivity contribution >= 4 is 11.4 Å². The Hall–Kier alpha value is -1.22. The summed E-state index contributed by atoms with van der Waals surface area (Å²) in [5.41, 5.74) is 9.13. The SMILES string of the molecule is Cc1cccc(NCC2CCN(C)C2)c1N. The van der Waals surface area contributed by atoms with Crippen LogP contribution in [0.3, 0.4) is 0 Å². The van der Waals surface area contributed by atoms with Gasteiger partial charge in [0.1, 0.15) is 0 Å². The molecule has 88 valence electrons. The van der Waals surface area contributed by atoms with Crippen molar-refractivity contribution in [2.24, 2.45) is 5.92 Å². The number of aryl methyl sites for hydroxylation is 1. The lowest BCUT2D eigenvalue weighted by atomic mass is 10.1. The van der Waals surface area contributed by atoms with Crippen molar-refractivity contribution in [1.29, 1.82) is 0 Å². The fourth-order valence-corrected chi connectivity index (χ4v) is 2.28. The van der Waals surface area contributed by atoms with Gasteiger partial charge in [0.05, 0.1) is 11.4 Å². The molecule has 1 atom stereocenters. The number of hydrogen-bond acceptors (Lipinski definition) is 3. The lowest BCUT2D eigenvalue weighted by Crippen LogP contribution is -2.19. The van der Waals surface area contributed by atoms with E-state index in [0.717, 1.165) is 29.4 Å². The highest BCUT2D eigenvalue weighted by molar-refractivity contribution is 5.69. The Balaban J connectivity index is 1.92. The number of nitrogen functional groups attached to an aromatic ring is 1. The van der Waals surface area contributed by atoms with Crippen LogP contribution in [0.1, 0.15) is 12.0 Å². The van der Waals surface area contributed by atoms with E-state index < -0.39 is 0 Å². The summed E-state index contributed by atoms with van der Waals surface area (Å²) in [5, 5.41) is 3.46. The Labute approximate surface area is 97.6 Å². The second kappa shape index (κ2) is 4.74. The summed E-state index contributed by atoms with van der Waals surface area (Å²) in [6.45, 7) is 5.48. The Morgan fingerprint density at radius 2 is 2.31 bits per heavy atom. The number of hydrogen-bond donors (Lipinski definition) is 2. The minimum absolute atomic E-state index is 0.755. The molecule has 16 heavy (non-hydrogen) atoms. The van der Waals surface area contributed by atoms with E-state index in [0.29, 0.717) is 0 Å². The lowest BCUT2D eigenvalue weighted by Gasteiger charge is -2.15. The van der Waals surface area contributed by atoms with E-state index in [4.69, 9.17) is 5.73 Å². The molecule has 1 aliphatic rings. The van der Waals surface area contributed by atoms with Crippen LogP contribution in [0.5, 0.6) is 0 Å². The number of anilines is 2. The second-order valence-corrected chi connectivity index (χ2v) is 4.83. The van der Waals surface area contributed by atoms with Gasteiger partial charge in [-0.15, -0.1) is 0 Å². The fourth-order valence-electron chi connectivity index (χ4n) is 2.28. The van der Waals surface area contributed by atoms with E-state index >= 15 is 0 Å². The van der Waals surface area contributed by atoms with Crippen LogP contribution in [0.15, 0.2) is 18.2 Å². The van der Waals surface area contributed by atoms with Crippen molar-refractivity contribution in [3.05, 3.63) is 23.8 Å².